The van der Waals surface area contributed by atoms with Gasteiger partial charge in [0.15, 0.2) is 17.5 Å². The van der Waals surface area contributed by atoms with Crippen LogP contribution in [-0.2, 0) is 4.74 Å². The fourth-order valence-corrected chi connectivity index (χ4v) is 2.32. The number of ether oxygens (including phenoxy) is 1. The van der Waals surface area contributed by atoms with E-state index >= 15 is 0 Å². The van der Waals surface area contributed by atoms with E-state index in [1.165, 1.54) is 4.90 Å². The van der Waals surface area contributed by atoms with Crippen molar-refractivity contribution in [2.24, 2.45) is 5.73 Å². The van der Waals surface area contributed by atoms with Gasteiger partial charge in [-0.3, -0.25) is 4.79 Å². The van der Waals surface area contributed by atoms with Crippen LogP contribution in [0.15, 0.2) is 12.1 Å². The van der Waals surface area contributed by atoms with Crippen LogP contribution in [0.25, 0.3) is 0 Å². The summed E-state index contributed by atoms with van der Waals surface area (Å²) in [6.07, 6.45) is 1.31. The summed E-state index contributed by atoms with van der Waals surface area (Å²) in [6.45, 7) is 1.75. The van der Waals surface area contributed by atoms with Gasteiger partial charge in [0.25, 0.3) is 5.91 Å². The maximum absolute atomic E-state index is 13.2. The molecule has 1 fully saturated rings. The maximum atomic E-state index is 13.2. The highest BCUT2D eigenvalue weighted by atomic mass is 19.2. The first kappa shape index (κ1) is 15.8. The van der Waals surface area contributed by atoms with Gasteiger partial charge in [0.2, 0.25) is 0 Å². The molecule has 0 radical (unpaired) electrons. The number of hydrogen-bond acceptors (Lipinski definition) is 3. The van der Waals surface area contributed by atoms with Crippen molar-refractivity contribution in [1.29, 1.82) is 0 Å². The number of halogens is 3. The van der Waals surface area contributed by atoms with Gasteiger partial charge in [-0.25, -0.2) is 13.2 Å². The fourth-order valence-electron chi connectivity index (χ4n) is 2.32. The lowest BCUT2D eigenvalue weighted by Crippen LogP contribution is -2.41. The van der Waals surface area contributed by atoms with Crippen molar-refractivity contribution < 1.29 is 22.7 Å². The van der Waals surface area contributed by atoms with Gasteiger partial charge >= 0.3 is 0 Å². The van der Waals surface area contributed by atoms with Crippen LogP contribution in [-0.4, -0.2) is 43.2 Å². The number of likely N-dealkylation sites (tertiary alicyclic amines) is 1. The van der Waals surface area contributed by atoms with Gasteiger partial charge in [-0.1, -0.05) is 0 Å². The number of rotatable bonds is 4. The first-order chi connectivity index (χ1) is 10.0. The normalized spacial score (nSPS) is 16.3. The molecule has 2 N–H and O–H groups in total. The Morgan fingerprint density at radius 3 is 2.33 bits per heavy atom. The monoisotopic (exact) mass is 302 g/mol. The van der Waals surface area contributed by atoms with E-state index in [0.717, 1.165) is 12.1 Å². The number of carbonyl (C=O) groups excluding carboxylic acids is 1. The Kier molecular flexibility index (Phi) is 5.19. The molecular weight excluding hydrogens is 285 g/mol. The lowest BCUT2D eigenvalue weighted by molar-refractivity contribution is 0.0121. The summed E-state index contributed by atoms with van der Waals surface area (Å²) in [4.78, 5) is 13.6. The van der Waals surface area contributed by atoms with Gasteiger partial charge in [-0.2, -0.15) is 0 Å². The zero-order valence-electron chi connectivity index (χ0n) is 11.4. The van der Waals surface area contributed by atoms with Crippen molar-refractivity contribution in [2.45, 2.75) is 18.9 Å². The van der Waals surface area contributed by atoms with Crippen molar-refractivity contribution in [2.75, 3.05) is 26.2 Å². The van der Waals surface area contributed by atoms with Crippen molar-refractivity contribution in [3.63, 3.8) is 0 Å². The summed E-state index contributed by atoms with van der Waals surface area (Å²) in [5, 5.41) is 0. The molecule has 1 aromatic rings. The molecule has 2 rings (SSSR count). The summed E-state index contributed by atoms with van der Waals surface area (Å²) < 4.78 is 44.7. The molecule has 116 valence electrons. The molecule has 0 atom stereocenters. The van der Waals surface area contributed by atoms with Crippen LogP contribution in [0.3, 0.4) is 0 Å². The molecule has 21 heavy (non-hydrogen) atoms. The summed E-state index contributed by atoms with van der Waals surface area (Å²) in [7, 11) is 0. The van der Waals surface area contributed by atoms with E-state index in [1.54, 1.807) is 0 Å². The Morgan fingerprint density at radius 2 is 1.81 bits per heavy atom. The van der Waals surface area contributed by atoms with Crippen LogP contribution in [0, 0.1) is 17.5 Å². The van der Waals surface area contributed by atoms with Gasteiger partial charge < -0.3 is 15.4 Å². The van der Waals surface area contributed by atoms with Crippen molar-refractivity contribution in [1.82, 2.24) is 4.90 Å². The SMILES string of the molecule is NCCOC1CCN(C(=O)c2cc(F)c(F)c(F)c2)CC1. The third kappa shape index (κ3) is 3.74. The lowest BCUT2D eigenvalue weighted by atomic mass is 10.1. The van der Waals surface area contributed by atoms with Gasteiger partial charge in [0.05, 0.1) is 12.7 Å². The second-order valence-corrected chi connectivity index (χ2v) is 4.90. The first-order valence-corrected chi connectivity index (χ1v) is 6.78. The molecule has 0 unspecified atom stereocenters. The number of hydrogen-bond donors (Lipinski definition) is 1. The van der Waals surface area contributed by atoms with E-state index in [2.05, 4.69) is 0 Å². The lowest BCUT2D eigenvalue weighted by Gasteiger charge is -2.32. The Bertz CT molecular complexity index is 494. The highest BCUT2D eigenvalue weighted by Gasteiger charge is 2.25. The number of benzene rings is 1. The first-order valence-electron chi connectivity index (χ1n) is 6.78. The van der Waals surface area contributed by atoms with Gasteiger partial charge in [-0.15, -0.1) is 0 Å². The molecule has 1 amide bonds. The molecule has 0 aliphatic carbocycles. The van der Waals surface area contributed by atoms with E-state index in [4.69, 9.17) is 10.5 Å². The minimum absolute atomic E-state index is 0.0410. The van der Waals surface area contributed by atoms with Gasteiger partial charge in [0, 0.05) is 25.2 Å². The molecule has 1 aliphatic rings. The maximum Gasteiger partial charge on any atom is 0.254 e. The molecule has 1 aromatic carbocycles. The predicted molar refractivity (Wildman–Crippen MR) is 70.2 cm³/mol. The van der Waals surface area contributed by atoms with Crippen LogP contribution < -0.4 is 5.73 Å². The Hall–Kier alpha value is -1.60. The zero-order chi connectivity index (χ0) is 15.4. The summed E-state index contributed by atoms with van der Waals surface area (Å²) in [6, 6.07) is 1.44. The van der Waals surface area contributed by atoms with E-state index in [0.29, 0.717) is 39.1 Å². The zero-order valence-corrected chi connectivity index (χ0v) is 11.4. The number of amides is 1. The molecule has 4 nitrogen and oxygen atoms in total. The number of nitrogens with zero attached hydrogens (tertiary/aromatic N) is 1. The molecule has 0 aromatic heterocycles. The Labute approximate surface area is 120 Å². The standard InChI is InChI=1S/C14H17F3N2O2/c15-11-7-9(8-12(16)13(11)17)14(20)19-4-1-10(2-5-19)21-6-3-18/h7-8,10H,1-6,18H2. The summed E-state index contributed by atoms with van der Waals surface area (Å²) >= 11 is 0. The molecule has 0 saturated carbocycles. The second kappa shape index (κ2) is 6.91. The van der Waals surface area contributed by atoms with Crippen LogP contribution >= 0.6 is 0 Å². The number of carbonyl (C=O) groups is 1. The van der Waals surface area contributed by atoms with Crippen LogP contribution in [0.5, 0.6) is 0 Å². The number of nitrogens with two attached hydrogens (primary N) is 1. The molecular formula is C14H17F3N2O2. The smallest absolute Gasteiger partial charge is 0.254 e. The largest absolute Gasteiger partial charge is 0.377 e. The van der Waals surface area contributed by atoms with Crippen LogP contribution in [0.2, 0.25) is 0 Å². The topological polar surface area (TPSA) is 55.6 Å². The number of piperidine rings is 1. The molecule has 7 heteroatoms. The van der Waals surface area contributed by atoms with Crippen molar-refractivity contribution >= 4 is 5.91 Å². The molecule has 0 bridgehead atoms. The minimum atomic E-state index is -1.57. The third-order valence-corrected chi connectivity index (χ3v) is 3.43. The molecule has 0 spiro atoms. The second-order valence-electron chi connectivity index (χ2n) is 4.90. The highest BCUT2D eigenvalue weighted by molar-refractivity contribution is 5.94. The average Bonchev–Trinajstić information content (AvgIpc) is 2.50. The molecule has 1 heterocycles. The van der Waals surface area contributed by atoms with E-state index in [9.17, 15) is 18.0 Å². The fraction of sp³-hybridized carbons (Fsp3) is 0.500. The quantitative estimate of drug-likeness (QED) is 0.861. The van der Waals surface area contributed by atoms with Crippen LogP contribution in [0.4, 0.5) is 13.2 Å². The van der Waals surface area contributed by atoms with Gasteiger partial charge in [0.1, 0.15) is 0 Å². The van der Waals surface area contributed by atoms with E-state index in [-0.39, 0.29) is 11.7 Å². The summed E-state index contributed by atoms with van der Waals surface area (Å²) in [5.41, 5.74) is 5.16. The van der Waals surface area contributed by atoms with Crippen LogP contribution in [0.1, 0.15) is 23.2 Å². The Morgan fingerprint density at radius 1 is 1.24 bits per heavy atom. The minimum Gasteiger partial charge on any atom is -0.377 e. The third-order valence-electron chi connectivity index (χ3n) is 3.43. The van der Waals surface area contributed by atoms with E-state index in [1.807, 2.05) is 0 Å². The van der Waals surface area contributed by atoms with Crippen molar-refractivity contribution in [3.8, 4) is 0 Å². The van der Waals surface area contributed by atoms with Gasteiger partial charge in [-0.05, 0) is 25.0 Å². The van der Waals surface area contributed by atoms with Crippen molar-refractivity contribution in [3.05, 3.63) is 35.1 Å². The summed E-state index contributed by atoms with van der Waals surface area (Å²) in [5.74, 6) is -4.80. The average molecular weight is 302 g/mol. The highest BCUT2D eigenvalue weighted by Crippen LogP contribution is 2.19. The molecule has 1 aliphatic heterocycles. The Balaban J connectivity index is 1.99. The molecule has 1 saturated heterocycles. The van der Waals surface area contributed by atoms with E-state index < -0.39 is 23.4 Å². The predicted octanol–water partition coefficient (Wildman–Crippen LogP) is 1.68.